The molecule has 0 bridgehead atoms. The highest BCUT2D eigenvalue weighted by molar-refractivity contribution is 5.70. The molecule has 1 aromatic heterocycles. The largest absolute Gasteiger partial charge is 0.496 e. The first-order valence-corrected chi connectivity index (χ1v) is 13.5. The number of rotatable bonds is 16. The summed E-state index contributed by atoms with van der Waals surface area (Å²) in [6.45, 7) is 14.4. The van der Waals surface area contributed by atoms with Gasteiger partial charge < -0.3 is 4.74 Å². The molecule has 0 atom stereocenters. The van der Waals surface area contributed by atoms with Gasteiger partial charge in [0.25, 0.3) is 0 Å². The summed E-state index contributed by atoms with van der Waals surface area (Å²) in [6.07, 6.45) is 12.5. The molecule has 2 rings (SSSR count). The minimum atomic E-state index is 0.927. The molecule has 0 fully saturated rings. The zero-order chi connectivity index (χ0) is 24.1. The van der Waals surface area contributed by atoms with Crippen molar-refractivity contribution in [2.45, 2.75) is 105 Å². The summed E-state index contributed by atoms with van der Waals surface area (Å²) in [5, 5.41) is 0. The van der Waals surface area contributed by atoms with Crippen molar-refractivity contribution in [3.8, 4) is 17.0 Å². The van der Waals surface area contributed by atoms with Crippen molar-refractivity contribution in [3.63, 3.8) is 0 Å². The number of hydrogen-bond donors (Lipinski definition) is 0. The predicted molar refractivity (Wildman–Crippen MR) is 143 cm³/mol. The zero-order valence-corrected chi connectivity index (χ0v) is 22.3. The Morgan fingerprint density at radius 1 is 0.818 bits per heavy atom. The molecule has 0 saturated carbocycles. The lowest BCUT2D eigenvalue weighted by molar-refractivity contribution is 0.248. The fourth-order valence-corrected chi connectivity index (χ4v) is 4.76. The van der Waals surface area contributed by atoms with Gasteiger partial charge in [-0.1, -0.05) is 84.4 Å². The number of aromatic nitrogens is 1. The summed E-state index contributed by atoms with van der Waals surface area (Å²) in [4.78, 5) is 7.77. The van der Waals surface area contributed by atoms with Gasteiger partial charge in [-0.25, -0.2) is 0 Å². The summed E-state index contributed by atoms with van der Waals surface area (Å²) in [5.74, 6) is 0.984. The molecule has 0 amide bonds. The van der Waals surface area contributed by atoms with Gasteiger partial charge in [-0.3, -0.25) is 9.88 Å². The maximum Gasteiger partial charge on any atom is 0.127 e. The van der Waals surface area contributed by atoms with Gasteiger partial charge in [-0.05, 0) is 56.8 Å². The van der Waals surface area contributed by atoms with Crippen LogP contribution in [0.25, 0.3) is 11.3 Å². The average molecular weight is 453 g/mol. The first kappa shape index (κ1) is 27.4. The summed E-state index contributed by atoms with van der Waals surface area (Å²) in [5.41, 5.74) is 7.43. The molecule has 0 unspecified atom stereocenters. The van der Waals surface area contributed by atoms with Crippen molar-refractivity contribution < 1.29 is 4.74 Å². The van der Waals surface area contributed by atoms with E-state index in [1.807, 2.05) is 0 Å². The molecule has 0 spiro atoms. The van der Waals surface area contributed by atoms with Gasteiger partial charge in [-0.15, -0.1) is 0 Å². The third kappa shape index (κ3) is 8.14. The fraction of sp³-hybridized carbons (Fsp3) is 0.633. The van der Waals surface area contributed by atoms with E-state index in [-0.39, 0.29) is 0 Å². The fourth-order valence-electron chi connectivity index (χ4n) is 4.76. The van der Waals surface area contributed by atoms with Crippen LogP contribution >= 0.6 is 0 Å². The van der Waals surface area contributed by atoms with Gasteiger partial charge >= 0.3 is 0 Å². The molecule has 184 valence electrons. The number of aryl methyl sites for hydroxylation is 3. The van der Waals surface area contributed by atoms with Crippen molar-refractivity contribution in [2.75, 3.05) is 20.2 Å². The molecule has 3 nitrogen and oxygen atoms in total. The second kappa shape index (κ2) is 15.1. The number of ether oxygens (including phenoxy) is 1. The van der Waals surface area contributed by atoms with Crippen LogP contribution in [0.15, 0.2) is 24.3 Å². The van der Waals surface area contributed by atoms with Crippen molar-refractivity contribution in [1.29, 1.82) is 0 Å². The maximum atomic E-state index is 5.96. The molecule has 3 heteroatoms. The number of nitrogens with zero attached hydrogens (tertiary/aromatic N) is 2. The van der Waals surface area contributed by atoms with Crippen LogP contribution in [0.1, 0.15) is 101 Å². The van der Waals surface area contributed by atoms with Crippen LogP contribution in [0.3, 0.4) is 0 Å². The van der Waals surface area contributed by atoms with E-state index >= 15 is 0 Å². The molecule has 0 radical (unpaired) electrons. The van der Waals surface area contributed by atoms with Gasteiger partial charge in [0.1, 0.15) is 5.75 Å². The molecule has 1 heterocycles. The third-order valence-electron chi connectivity index (χ3n) is 6.80. The number of hydrogen-bond acceptors (Lipinski definition) is 3. The van der Waals surface area contributed by atoms with Gasteiger partial charge in [0.15, 0.2) is 0 Å². The first-order valence-electron chi connectivity index (χ1n) is 13.5. The third-order valence-corrected chi connectivity index (χ3v) is 6.80. The monoisotopic (exact) mass is 452 g/mol. The topological polar surface area (TPSA) is 25.4 Å². The minimum absolute atomic E-state index is 0.927. The van der Waals surface area contributed by atoms with Crippen LogP contribution < -0.4 is 4.74 Å². The van der Waals surface area contributed by atoms with E-state index in [0.717, 1.165) is 49.6 Å². The van der Waals surface area contributed by atoms with E-state index in [4.69, 9.17) is 9.72 Å². The van der Waals surface area contributed by atoms with Crippen molar-refractivity contribution in [3.05, 3.63) is 46.6 Å². The smallest absolute Gasteiger partial charge is 0.127 e. The van der Waals surface area contributed by atoms with Gasteiger partial charge in [-0.2, -0.15) is 0 Å². The Morgan fingerprint density at radius 3 is 1.88 bits per heavy atom. The second-order valence-corrected chi connectivity index (χ2v) is 9.33. The van der Waals surface area contributed by atoms with Crippen LogP contribution in [0, 0.1) is 6.92 Å². The Balaban J connectivity index is 2.31. The van der Waals surface area contributed by atoms with Gasteiger partial charge in [0, 0.05) is 29.4 Å². The van der Waals surface area contributed by atoms with E-state index in [9.17, 15) is 0 Å². The van der Waals surface area contributed by atoms with Crippen molar-refractivity contribution in [2.24, 2.45) is 0 Å². The van der Waals surface area contributed by atoms with Crippen LogP contribution in [0.2, 0.25) is 0 Å². The number of pyridine rings is 1. The summed E-state index contributed by atoms with van der Waals surface area (Å²) in [7, 11) is 1.81. The highest BCUT2D eigenvalue weighted by Crippen LogP contribution is 2.33. The normalized spacial score (nSPS) is 11.4. The predicted octanol–water partition coefficient (Wildman–Crippen LogP) is 8.15. The van der Waals surface area contributed by atoms with Gasteiger partial charge in [0.05, 0.1) is 12.8 Å². The van der Waals surface area contributed by atoms with Crippen molar-refractivity contribution in [1.82, 2.24) is 9.88 Å². The van der Waals surface area contributed by atoms with Crippen LogP contribution in [-0.2, 0) is 19.4 Å². The van der Waals surface area contributed by atoms with E-state index in [1.165, 1.54) is 73.6 Å². The number of benzene rings is 1. The summed E-state index contributed by atoms with van der Waals surface area (Å²) >= 11 is 0. The van der Waals surface area contributed by atoms with E-state index in [0.29, 0.717) is 0 Å². The zero-order valence-electron chi connectivity index (χ0n) is 22.3. The number of unbranched alkanes of at least 4 members (excludes halogenated alkanes) is 6. The van der Waals surface area contributed by atoms with E-state index in [2.05, 4.69) is 63.8 Å². The molecule has 0 aliphatic rings. The first-order chi connectivity index (χ1) is 16.1. The Kier molecular flexibility index (Phi) is 12.5. The molecule has 33 heavy (non-hydrogen) atoms. The Bertz CT molecular complexity index is 796. The molecular weight excluding hydrogens is 404 g/mol. The summed E-state index contributed by atoms with van der Waals surface area (Å²) in [6, 6.07) is 8.83. The summed E-state index contributed by atoms with van der Waals surface area (Å²) < 4.78 is 5.96. The molecule has 0 saturated heterocycles. The van der Waals surface area contributed by atoms with E-state index < -0.39 is 0 Å². The SMILES string of the molecule is CCCCCCN(CCCCCC)Cc1c(OC)cc(-c2c(CC)cccc2CC)nc1C. The lowest BCUT2D eigenvalue weighted by Gasteiger charge is -2.25. The standard InChI is InChI=1S/C30H48N2O/c1-7-11-13-15-20-32(21-16-14-12-8-2)23-27-24(5)31-28(22-29(27)33-6)30-25(9-3)18-17-19-26(30)10-4/h17-19,22H,7-16,20-21,23H2,1-6H3. The average Bonchev–Trinajstić information content (AvgIpc) is 2.84. The molecule has 0 aliphatic heterocycles. The van der Waals surface area contributed by atoms with Crippen LogP contribution in [0.4, 0.5) is 0 Å². The minimum Gasteiger partial charge on any atom is -0.496 e. The van der Waals surface area contributed by atoms with Gasteiger partial charge in [0.2, 0.25) is 0 Å². The quantitative estimate of drug-likeness (QED) is 0.240. The molecular formula is C30H48N2O. The Labute approximate surface area is 204 Å². The molecule has 1 aromatic carbocycles. The van der Waals surface area contributed by atoms with Crippen LogP contribution in [0.5, 0.6) is 5.75 Å². The lowest BCUT2D eigenvalue weighted by atomic mass is 9.94. The lowest BCUT2D eigenvalue weighted by Crippen LogP contribution is -2.26. The highest BCUT2D eigenvalue weighted by Gasteiger charge is 2.18. The van der Waals surface area contributed by atoms with Crippen molar-refractivity contribution >= 4 is 0 Å². The maximum absolute atomic E-state index is 5.96. The van der Waals surface area contributed by atoms with E-state index in [1.54, 1.807) is 7.11 Å². The Morgan fingerprint density at radius 2 is 1.39 bits per heavy atom. The Hall–Kier alpha value is -1.87. The molecule has 0 N–H and O–H groups in total. The van der Waals surface area contributed by atoms with Crippen LogP contribution in [-0.4, -0.2) is 30.1 Å². The highest BCUT2D eigenvalue weighted by atomic mass is 16.5. The molecule has 0 aliphatic carbocycles. The second-order valence-electron chi connectivity index (χ2n) is 9.33. The number of methoxy groups -OCH3 is 1. The molecule has 2 aromatic rings.